The van der Waals surface area contributed by atoms with Crippen LogP contribution in [-0.2, 0) is 9.63 Å². The van der Waals surface area contributed by atoms with Crippen molar-refractivity contribution >= 4 is 5.91 Å². The van der Waals surface area contributed by atoms with E-state index < -0.39 is 5.91 Å². The lowest BCUT2D eigenvalue weighted by molar-refractivity contribution is -0.126. The number of carbonyl (C=O) groups excluding carboxylic acids is 1. The predicted octanol–water partition coefficient (Wildman–Crippen LogP) is -1.09. The van der Waals surface area contributed by atoms with Gasteiger partial charge in [0.2, 0.25) is 5.91 Å². The van der Waals surface area contributed by atoms with E-state index >= 15 is 0 Å². The molecule has 4 N–H and O–H groups in total. The lowest BCUT2D eigenvalue weighted by atomic mass is 10.2. The minimum absolute atomic E-state index is 0.0515. The molecule has 0 aromatic carbocycles. The smallest absolute Gasteiger partial charge is 0.245 e. The monoisotopic (exact) mass is 174 g/mol. The van der Waals surface area contributed by atoms with Crippen molar-refractivity contribution in [1.29, 1.82) is 0 Å². The molecule has 0 saturated heterocycles. The first-order valence-corrected chi connectivity index (χ1v) is 4.04. The molecule has 5 heteroatoms. The van der Waals surface area contributed by atoms with Gasteiger partial charge in [0.25, 0.3) is 0 Å². The molecule has 1 amide bonds. The van der Waals surface area contributed by atoms with Crippen LogP contribution in [0.4, 0.5) is 0 Å². The molecule has 1 fully saturated rings. The Bertz CT molecular complexity index is 163. The first-order chi connectivity index (χ1) is 5.70. The third-order valence-corrected chi connectivity index (χ3v) is 1.93. The molecule has 0 heterocycles. The standard InChI is InChI=1S/C7H14N2O3/c8-7(11)4-12-9-5-2-1-3-6(5)10/h5-6,9-10H,1-4H2,(H2,8,11)/t5-,6-/m1/s1. The molecule has 0 spiro atoms. The highest BCUT2D eigenvalue weighted by molar-refractivity contribution is 5.74. The van der Waals surface area contributed by atoms with E-state index in [1.807, 2.05) is 0 Å². The molecule has 1 saturated carbocycles. The molecular weight excluding hydrogens is 160 g/mol. The van der Waals surface area contributed by atoms with Crippen LogP contribution in [0.3, 0.4) is 0 Å². The van der Waals surface area contributed by atoms with Crippen molar-refractivity contribution in [2.75, 3.05) is 6.61 Å². The number of hydrogen-bond acceptors (Lipinski definition) is 4. The van der Waals surface area contributed by atoms with Crippen molar-refractivity contribution in [3.63, 3.8) is 0 Å². The lowest BCUT2D eigenvalue weighted by Gasteiger charge is -2.14. The number of aliphatic hydroxyl groups is 1. The fraction of sp³-hybridized carbons (Fsp3) is 0.857. The SMILES string of the molecule is NC(=O)CON[C@@H]1CCC[C@H]1O. The predicted molar refractivity (Wildman–Crippen MR) is 41.9 cm³/mol. The highest BCUT2D eigenvalue weighted by Gasteiger charge is 2.24. The van der Waals surface area contributed by atoms with Gasteiger partial charge in [0, 0.05) is 0 Å². The first kappa shape index (κ1) is 9.44. The summed E-state index contributed by atoms with van der Waals surface area (Å²) in [6.07, 6.45) is 2.29. The van der Waals surface area contributed by atoms with Crippen LogP contribution < -0.4 is 11.2 Å². The Balaban J connectivity index is 2.10. The fourth-order valence-electron chi connectivity index (χ4n) is 1.30. The van der Waals surface area contributed by atoms with Gasteiger partial charge < -0.3 is 10.8 Å². The molecular formula is C7H14N2O3. The normalized spacial score (nSPS) is 29.1. The van der Waals surface area contributed by atoms with Gasteiger partial charge in [-0.1, -0.05) is 0 Å². The number of aliphatic hydroxyl groups excluding tert-OH is 1. The molecule has 70 valence electrons. The van der Waals surface area contributed by atoms with E-state index in [-0.39, 0.29) is 18.8 Å². The van der Waals surface area contributed by atoms with Gasteiger partial charge >= 0.3 is 0 Å². The van der Waals surface area contributed by atoms with E-state index in [1.54, 1.807) is 0 Å². The number of hydroxylamine groups is 1. The maximum Gasteiger partial charge on any atom is 0.245 e. The zero-order chi connectivity index (χ0) is 8.97. The second-order valence-corrected chi connectivity index (χ2v) is 2.98. The average molecular weight is 174 g/mol. The molecule has 2 atom stereocenters. The Kier molecular flexibility index (Phi) is 3.46. The van der Waals surface area contributed by atoms with Gasteiger partial charge in [0.05, 0.1) is 12.1 Å². The van der Waals surface area contributed by atoms with Crippen LogP contribution in [0.2, 0.25) is 0 Å². The molecule has 0 aromatic rings. The molecule has 0 aromatic heterocycles. The maximum absolute atomic E-state index is 10.2. The summed E-state index contributed by atoms with van der Waals surface area (Å²) in [6, 6.07) is -0.0515. The number of nitrogens with one attached hydrogen (secondary N) is 1. The number of hydrogen-bond donors (Lipinski definition) is 3. The van der Waals surface area contributed by atoms with Crippen molar-refractivity contribution in [2.24, 2.45) is 5.73 Å². The maximum atomic E-state index is 10.2. The topological polar surface area (TPSA) is 84.6 Å². The first-order valence-electron chi connectivity index (χ1n) is 4.04. The molecule has 0 unspecified atom stereocenters. The molecule has 5 nitrogen and oxygen atoms in total. The van der Waals surface area contributed by atoms with E-state index in [1.165, 1.54) is 0 Å². The number of nitrogens with two attached hydrogens (primary N) is 1. The Hall–Kier alpha value is -0.650. The molecule has 12 heavy (non-hydrogen) atoms. The van der Waals surface area contributed by atoms with E-state index in [9.17, 15) is 9.90 Å². The summed E-state index contributed by atoms with van der Waals surface area (Å²) in [4.78, 5) is 15.0. The van der Waals surface area contributed by atoms with Crippen molar-refractivity contribution in [3.05, 3.63) is 0 Å². The van der Waals surface area contributed by atoms with Crippen LogP contribution >= 0.6 is 0 Å². The zero-order valence-electron chi connectivity index (χ0n) is 6.82. The fourth-order valence-corrected chi connectivity index (χ4v) is 1.30. The summed E-state index contributed by atoms with van der Waals surface area (Å²) >= 11 is 0. The minimum atomic E-state index is -0.519. The Labute approximate surface area is 70.8 Å². The molecule has 1 aliphatic rings. The summed E-state index contributed by atoms with van der Waals surface area (Å²) in [5.74, 6) is -0.519. The third kappa shape index (κ3) is 2.77. The Morgan fingerprint density at radius 2 is 2.42 bits per heavy atom. The second kappa shape index (κ2) is 4.39. The molecule has 0 radical (unpaired) electrons. The minimum Gasteiger partial charge on any atom is -0.391 e. The van der Waals surface area contributed by atoms with Gasteiger partial charge in [0.15, 0.2) is 0 Å². The van der Waals surface area contributed by atoms with Gasteiger partial charge in [-0.25, -0.2) is 0 Å². The number of primary amides is 1. The summed E-state index contributed by atoms with van der Waals surface area (Å²) in [7, 11) is 0. The highest BCUT2D eigenvalue weighted by Crippen LogP contribution is 2.18. The van der Waals surface area contributed by atoms with Crippen LogP contribution in [0.25, 0.3) is 0 Å². The quantitative estimate of drug-likeness (QED) is 0.473. The Morgan fingerprint density at radius 3 is 2.92 bits per heavy atom. The van der Waals surface area contributed by atoms with Crippen LogP contribution in [0.15, 0.2) is 0 Å². The summed E-state index contributed by atoms with van der Waals surface area (Å²) in [5, 5.41) is 9.30. The third-order valence-electron chi connectivity index (χ3n) is 1.93. The van der Waals surface area contributed by atoms with E-state index in [0.717, 1.165) is 19.3 Å². The van der Waals surface area contributed by atoms with E-state index in [0.29, 0.717) is 0 Å². The second-order valence-electron chi connectivity index (χ2n) is 2.98. The zero-order valence-corrected chi connectivity index (χ0v) is 6.82. The molecule has 0 aliphatic heterocycles. The number of carbonyl (C=O) groups is 1. The van der Waals surface area contributed by atoms with Gasteiger partial charge in [-0.3, -0.25) is 9.63 Å². The van der Waals surface area contributed by atoms with Crippen LogP contribution in [-0.4, -0.2) is 29.8 Å². The largest absolute Gasteiger partial charge is 0.391 e. The van der Waals surface area contributed by atoms with Crippen molar-refractivity contribution in [1.82, 2.24) is 5.48 Å². The van der Waals surface area contributed by atoms with Gasteiger partial charge in [0.1, 0.15) is 6.61 Å². The lowest BCUT2D eigenvalue weighted by Crippen LogP contribution is -2.37. The van der Waals surface area contributed by atoms with Gasteiger partial charge in [-0.05, 0) is 19.3 Å². The molecule has 1 rings (SSSR count). The Morgan fingerprint density at radius 1 is 1.67 bits per heavy atom. The summed E-state index contributed by atoms with van der Waals surface area (Å²) < 4.78 is 0. The summed E-state index contributed by atoms with van der Waals surface area (Å²) in [5.41, 5.74) is 7.46. The van der Waals surface area contributed by atoms with Crippen LogP contribution in [0.1, 0.15) is 19.3 Å². The van der Waals surface area contributed by atoms with E-state index in [2.05, 4.69) is 5.48 Å². The molecule has 1 aliphatic carbocycles. The van der Waals surface area contributed by atoms with Gasteiger partial charge in [-0.15, -0.1) is 0 Å². The number of amides is 1. The van der Waals surface area contributed by atoms with Crippen molar-refractivity contribution in [2.45, 2.75) is 31.4 Å². The van der Waals surface area contributed by atoms with Crippen LogP contribution in [0, 0.1) is 0 Å². The van der Waals surface area contributed by atoms with Gasteiger partial charge in [-0.2, -0.15) is 5.48 Å². The summed E-state index contributed by atoms with van der Waals surface area (Å²) in [6.45, 7) is -0.150. The number of rotatable bonds is 4. The van der Waals surface area contributed by atoms with E-state index in [4.69, 9.17) is 10.6 Å². The average Bonchev–Trinajstić information content (AvgIpc) is 2.36. The highest BCUT2D eigenvalue weighted by atomic mass is 16.6. The van der Waals surface area contributed by atoms with Crippen molar-refractivity contribution in [3.8, 4) is 0 Å². The van der Waals surface area contributed by atoms with Crippen LogP contribution in [0.5, 0.6) is 0 Å². The molecule has 0 bridgehead atoms. The van der Waals surface area contributed by atoms with Crippen molar-refractivity contribution < 1.29 is 14.7 Å².